The highest BCUT2D eigenvalue weighted by Gasteiger charge is 2.39. The number of hydrogen-bond donors (Lipinski definition) is 2. The fourth-order valence-corrected chi connectivity index (χ4v) is 2.83. The molecule has 0 bridgehead atoms. The van der Waals surface area contributed by atoms with Crippen LogP contribution in [0.15, 0.2) is 46.9 Å². The average Bonchev–Trinajstić information content (AvgIpc) is 2.60. The normalized spacial score (nSPS) is 16.8. The van der Waals surface area contributed by atoms with Crippen LogP contribution in [0.25, 0.3) is 0 Å². The summed E-state index contributed by atoms with van der Waals surface area (Å²) in [5.41, 5.74) is 7.58. The Kier molecular flexibility index (Phi) is 5.45. The minimum atomic E-state index is -0.858. The van der Waals surface area contributed by atoms with Crippen molar-refractivity contribution in [1.29, 1.82) is 5.26 Å². The molecule has 1 heterocycles. The monoisotopic (exact) mass is 341 g/mol. The fourth-order valence-electron chi connectivity index (χ4n) is 2.83. The molecule has 1 aliphatic rings. The van der Waals surface area contributed by atoms with Crippen molar-refractivity contribution in [2.45, 2.75) is 19.8 Å². The van der Waals surface area contributed by atoms with Gasteiger partial charge in [0.15, 0.2) is 0 Å². The molecule has 0 aliphatic carbocycles. The number of esters is 2. The average molecular weight is 341 g/mol. The Labute approximate surface area is 145 Å². The molecule has 0 saturated carbocycles. The second-order valence-corrected chi connectivity index (χ2v) is 5.34. The maximum Gasteiger partial charge on any atom is 0.338 e. The van der Waals surface area contributed by atoms with Gasteiger partial charge in [-0.25, -0.2) is 9.59 Å². The maximum absolute atomic E-state index is 12.5. The van der Waals surface area contributed by atoms with Crippen LogP contribution < -0.4 is 11.1 Å². The lowest BCUT2D eigenvalue weighted by Crippen LogP contribution is -2.36. The van der Waals surface area contributed by atoms with E-state index in [1.165, 1.54) is 7.11 Å². The summed E-state index contributed by atoms with van der Waals surface area (Å²) >= 11 is 0. The number of hydrogen-bond acceptors (Lipinski definition) is 7. The summed E-state index contributed by atoms with van der Waals surface area (Å²) in [6.07, 6.45) is 0. The molecule has 0 radical (unpaired) electrons. The largest absolute Gasteiger partial charge is 0.466 e. The number of carbonyl (C=O) groups excluding carboxylic acids is 2. The molecule has 0 fully saturated rings. The Morgan fingerprint density at radius 3 is 2.56 bits per heavy atom. The van der Waals surface area contributed by atoms with Crippen molar-refractivity contribution in [1.82, 2.24) is 5.32 Å². The van der Waals surface area contributed by atoms with Crippen LogP contribution in [0.2, 0.25) is 0 Å². The van der Waals surface area contributed by atoms with Gasteiger partial charge in [0.05, 0.1) is 42.4 Å². The number of dihydropyridines is 1. The van der Waals surface area contributed by atoms with Gasteiger partial charge < -0.3 is 20.5 Å². The molecule has 0 amide bonds. The summed E-state index contributed by atoms with van der Waals surface area (Å²) in [6, 6.07) is 8.80. The second kappa shape index (κ2) is 7.53. The van der Waals surface area contributed by atoms with E-state index in [2.05, 4.69) is 11.4 Å². The standard InChI is InChI=1S/C18H19N3O4/c1-4-25-18(23)15-14(12-8-6-5-7-11(12)9-19)13(17(22)24-3)10(2)21-16(15)20/h5-8,14,21H,4,20H2,1-3H3. The van der Waals surface area contributed by atoms with Gasteiger partial charge in [0.25, 0.3) is 0 Å². The first kappa shape index (κ1) is 18.1. The van der Waals surface area contributed by atoms with Crippen molar-refractivity contribution in [3.05, 3.63) is 58.1 Å². The fraction of sp³-hybridized carbons (Fsp3) is 0.278. The zero-order valence-electron chi connectivity index (χ0n) is 14.3. The zero-order valence-corrected chi connectivity index (χ0v) is 14.3. The van der Waals surface area contributed by atoms with E-state index in [1.54, 1.807) is 38.1 Å². The summed E-state index contributed by atoms with van der Waals surface area (Å²) < 4.78 is 9.97. The highest BCUT2D eigenvalue weighted by atomic mass is 16.5. The highest BCUT2D eigenvalue weighted by Crippen LogP contribution is 2.39. The lowest BCUT2D eigenvalue weighted by molar-refractivity contribution is -0.139. The predicted octanol–water partition coefficient (Wildman–Crippen LogP) is 1.43. The molecule has 3 N–H and O–H groups in total. The van der Waals surface area contributed by atoms with Crippen LogP contribution in [0, 0.1) is 11.3 Å². The van der Waals surface area contributed by atoms with E-state index >= 15 is 0 Å². The van der Waals surface area contributed by atoms with E-state index in [4.69, 9.17) is 15.2 Å². The number of nitrogens with one attached hydrogen (secondary N) is 1. The Hall–Kier alpha value is -3.27. The van der Waals surface area contributed by atoms with Crippen LogP contribution in [-0.4, -0.2) is 25.7 Å². The van der Waals surface area contributed by atoms with Crippen LogP contribution in [0.1, 0.15) is 30.9 Å². The van der Waals surface area contributed by atoms with Crippen LogP contribution in [0.3, 0.4) is 0 Å². The smallest absolute Gasteiger partial charge is 0.338 e. The summed E-state index contributed by atoms with van der Waals surface area (Å²) in [6.45, 7) is 3.48. The number of methoxy groups -OCH3 is 1. The molecule has 7 heteroatoms. The van der Waals surface area contributed by atoms with E-state index in [-0.39, 0.29) is 23.6 Å². The number of nitrogens with zero attached hydrogens (tertiary/aromatic N) is 1. The van der Waals surface area contributed by atoms with E-state index in [9.17, 15) is 14.9 Å². The summed E-state index contributed by atoms with van der Waals surface area (Å²) in [4.78, 5) is 24.9. The molecular formula is C18H19N3O4. The molecule has 0 spiro atoms. The molecule has 1 aromatic carbocycles. The molecule has 130 valence electrons. The highest BCUT2D eigenvalue weighted by molar-refractivity contribution is 6.00. The molecule has 1 unspecified atom stereocenters. The Morgan fingerprint density at radius 1 is 1.28 bits per heavy atom. The number of benzene rings is 1. The van der Waals surface area contributed by atoms with Crippen molar-refractivity contribution in [3.63, 3.8) is 0 Å². The van der Waals surface area contributed by atoms with Crippen LogP contribution in [0.4, 0.5) is 0 Å². The number of ether oxygens (including phenoxy) is 2. The van der Waals surface area contributed by atoms with Gasteiger partial charge in [-0.3, -0.25) is 0 Å². The SMILES string of the molecule is CCOC(=O)C1=C(N)NC(C)=C(C(=O)OC)C1c1ccccc1C#N. The van der Waals surface area contributed by atoms with Gasteiger partial charge >= 0.3 is 11.9 Å². The van der Waals surface area contributed by atoms with E-state index in [1.807, 2.05) is 0 Å². The Balaban J connectivity index is 2.75. The Bertz CT molecular complexity index is 818. The molecule has 1 aromatic rings. The minimum absolute atomic E-state index is 0.0792. The molecule has 7 nitrogen and oxygen atoms in total. The lowest BCUT2D eigenvalue weighted by Gasteiger charge is -2.30. The minimum Gasteiger partial charge on any atom is -0.466 e. The van der Waals surface area contributed by atoms with Crippen LogP contribution in [0.5, 0.6) is 0 Å². The maximum atomic E-state index is 12.5. The van der Waals surface area contributed by atoms with Crippen molar-refractivity contribution in [3.8, 4) is 6.07 Å². The summed E-state index contributed by atoms with van der Waals surface area (Å²) in [7, 11) is 1.25. The van der Waals surface area contributed by atoms with Crippen molar-refractivity contribution >= 4 is 11.9 Å². The third-order valence-corrected chi connectivity index (χ3v) is 3.89. The molecule has 1 aliphatic heterocycles. The number of carbonyl (C=O) groups is 2. The quantitative estimate of drug-likeness (QED) is 0.796. The summed E-state index contributed by atoms with van der Waals surface area (Å²) in [5, 5.41) is 12.3. The zero-order chi connectivity index (χ0) is 18.6. The first-order valence-electron chi connectivity index (χ1n) is 7.68. The van der Waals surface area contributed by atoms with Gasteiger partial charge in [0.2, 0.25) is 0 Å². The topological polar surface area (TPSA) is 114 Å². The second-order valence-electron chi connectivity index (χ2n) is 5.34. The van der Waals surface area contributed by atoms with Gasteiger partial charge in [-0.15, -0.1) is 0 Å². The van der Waals surface area contributed by atoms with E-state index in [0.717, 1.165) is 0 Å². The van der Waals surface area contributed by atoms with Crippen molar-refractivity contribution < 1.29 is 19.1 Å². The molecule has 2 rings (SSSR count). The number of rotatable bonds is 4. The predicted molar refractivity (Wildman–Crippen MR) is 89.6 cm³/mol. The van der Waals surface area contributed by atoms with Crippen LogP contribution >= 0.6 is 0 Å². The van der Waals surface area contributed by atoms with Crippen LogP contribution in [-0.2, 0) is 19.1 Å². The van der Waals surface area contributed by atoms with Gasteiger partial charge in [0, 0.05) is 5.70 Å². The molecule has 25 heavy (non-hydrogen) atoms. The summed E-state index contributed by atoms with van der Waals surface area (Å²) in [5.74, 6) is -2.04. The molecule has 0 aromatic heterocycles. The lowest BCUT2D eigenvalue weighted by atomic mass is 9.79. The van der Waals surface area contributed by atoms with Crippen molar-refractivity contribution in [2.75, 3.05) is 13.7 Å². The van der Waals surface area contributed by atoms with E-state index < -0.39 is 17.9 Å². The number of allylic oxidation sites excluding steroid dienone is 1. The number of nitriles is 1. The molecule has 1 atom stereocenters. The first-order chi connectivity index (χ1) is 12.0. The van der Waals surface area contributed by atoms with Gasteiger partial charge in [-0.05, 0) is 25.5 Å². The van der Waals surface area contributed by atoms with Gasteiger partial charge in [-0.2, -0.15) is 5.26 Å². The number of nitrogens with two attached hydrogens (primary N) is 1. The molecular weight excluding hydrogens is 322 g/mol. The van der Waals surface area contributed by atoms with Gasteiger partial charge in [0.1, 0.15) is 5.82 Å². The van der Waals surface area contributed by atoms with E-state index in [0.29, 0.717) is 16.8 Å². The third-order valence-electron chi connectivity index (χ3n) is 3.89. The molecule has 0 saturated heterocycles. The first-order valence-corrected chi connectivity index (χ1v) is 7.68. The van der Waals surface area contributed by atoms with Crippen molar-refractivity contribution in [2.24, 2.45) is 5.73 Å². The third kappa shape index (κ3) is 3.33. The van der Waals surface area contributed by atoms with Gasteiger partial charge in [-0.1, -0.05) is 18.2 Å². The Morgan fingerprint density at radius 2 is 1.96 bits per heavy atom.